The standard InChI is InChI=1S/C19H29NO2/c1-18(2,3)15-10-7-9-14(13-15)16-11-8-12-20(16)17(21)22-19(4,5)6/h7,9-10,13,16H,8,11-12H2,1-6H3. The molecule has 122 valence electrons. The van der Waals surface area contributed by atoms with Crippen LogP contribution in [-0.2, 0) is 10.2 Å². The summed E-state index contributed by atoms with van der Waals surface area (Å²) >= 11 is 0. The molecule has 0 aliphatic carbocycles. The van der Waals surface area contributed by atoms with Gasteiger partial charge in [0.05, 0.1) is 6.04 Å². The predicted molar refractivity (Wildman–Crippen MR) is 90.1 cm³/mol. The van der Waals surface area contributed by atoms with E-state index < -0.39 is 5.60 Å². The summed E-state index contributed by atoms with van der Waals surface area (Å²) in [4.78, 5) is 14.3. The van der Waals surface area contributed by atoms with Gasteiger partial charge in [-0.25, -0.2) is 4.79 Å². The van der Waals surface area contributed by atoms with E-state index >= 15 is 0 Å². The number of hydrogen-bond donors (Lipinski definition) is 0. The molecule has 1 atom stereocenters. The molecule has 2 rings (SSSR count). The third-order valence-electron chi connectivity index (χ3n) is 4.02. The van der Waals surface area contributed by atoms with E-state index in [2.05, 4.69) is 45.0 Å². The van der Waals surface area contributed by atoms with E-state index in [0.29, 0.717) is 0 Å². The summed E-state index contributed by atoms with van der Waals surface area (Å²) in [5, 5.41) is 0. The number of carbonyl (C=O) groups is 1. The fourth-order valence-corrected chi connectivity index (χ4v) is 2.86. The highest BCUT2D eigenvalue weighted by molar-refractivity contribution is 5.69. The van der Waals surface area contributed by atoms with Crippen LogP contribution in [0.1, 0.15) is 71.6 Å². The van der Waals surface area contributed by atoms with E-state index in [1.54, 1.807) is 0 Å². The number of hydrogen-bond acceptors (Lipinski definition) is 2. The van der Waals surface area contributed by atoms with Crippen molar-refractivity contribution in [3.63, 3.8) is 0 Å². The van der Waals surface area contributed by atoms with Gasteiger partial charge in [0.2, 0.25) is 0 Å². The maximum atomic E-state index is 12.4. The molecular formula is C19H29NO2. The molecule has 0 radical (unpaired) electrons. The average Bonchev–Trinajstić information content (AvgIpc) is 2.85. The van der Waals surface area contributed by atoms with Crippen LogP contribution >= 0.6 is 0 Å². The van der Waals surface area contributed by atoms with E-state index in [-0.39, 0.29) is 17.6 Å². The Bertz CT molecular complexity index is 537. The molecule has 0 N–H and O–H groups in total. The second-order valence-electron chi connectivity index (χ2n) is 8.21. The lowest BCUT2D eigenvalue weighted by Crippen LogP contribution is -2.36. The Balaban J connectivity index is 2.22. The highest BCUT2D eigenvalue weighted by Gasteiger charge is 2.33. The van der Waals surface area contributed by atoms with Gasteiger partial charge in [-0.05, 0) is 50.2 Å². The first-order valence-electron chi connectivity index (χ1n) is 8.18. The van der Waals surface area contributed by atoms with E-state index in [1.165, 1.54) is 11.1 Å². The molecule has 3 heteroatoms. The predicted octanol–water partition coefficient (Wildman–Crippen LogP) is 5.06. The Morgan fingerprint density at radius 1 is 1.18 bits per heavy atom. The van der Waals surface area contributed by atoms with E-state index in [0.717, 1.165) is 19.4 Å². The van der Waals surface area contributed by atoms with Gasteiger partial charge in [-0.3, -0.25) is 0 Å². The average molecular weight is 303 g/mol. The van der Waals surface area contributed by atoms with Gasteiger partial charge < -0.3 is 9.64 Å². The Morgan fingerprint density at radius 2 is 1.86 bits per heavy atom. The number of likely N-dealkylation sites (tertiary alicyclic amines) is 1. The van der Waals surface area contributed by atoms with Crippen LogP contribution in [0.25, 0.3) is 0 Å². The quantitative estimate of drug-likeness (QED) is 0.726. The first-order valence-corrected chi connectivity index (χ1v) is 8.18. The zero-order valence-electron chi connectivity index (χ0n) is 14.8. The Morgan fingerprint density at radius 3 is 2.45 bits per heavy atom. The van der Waals surface area contributed by atoms with Gasteiger partial charge >= 0.3 is 6.09 Å². The van der Waals surface area contributed by atoms with E-state index in [4.69, 9.17) is 4.74 Å². The van der Waals surface area contributed by atoms with Crippen molar-refractivity contribution in [2.45, 2.75) is 71.4 Å². The molecule has 0 saturated carbocycles. The van der Waals surface area contributed by atoms with Crippen LogP contribution < -0.4 is 0 Å². The maximum absolute atomic E-state index is 12.4. The third kappa shape index (κ3) is 4.02. The van der Waals surface area contributed by atoms with E-state index in [9.17, 15) is 4.79 Å². The van der Waals surface area contributed by atoms with Crippen LogP contribution in [0.4, 0.5) is 4.79 Å². The first-order chi connectivity index (χ1) is 10.1. The van der Waals surface area contributed by atoms with Gasteiger partial charge in [-0.1, -0.05) is 45.0 Å². The van der Waals surface area contributed by atoms with Gasteiger partial charge in [-0.15, -0.1) is 0 Å². The molecule has 1 aromatic rings. The molecule has 3 nitrogen and oxygen atoms in total. The molecule has 1 amide bonds. The summed E-state index contributed by atoms with van der Waals surface area (Å²) in [6.07, 6.45) is 1.84. The molecule has 1 aliphatic heterocycles. The molecule has 1 aliphatic rings. The van der Waals surface area contributed by atoms with Crippen molar-refractivity contribution >= 4 is 6.09 Å². The third-order valence-corrected chi connectivity index (χ3v) is 4.02. The van der Waals surface area contributed by atoms with Crippen LogP contribution in [-0.4, -0.2) is 23.1 Å². The van der Waals surface area contributed by atoms with Gasteiger partial charge in [-0.2, -0.15) is 0 Å². The zero-order chi connectivity index (χ0) is 16.5. The minimum absolute atomic E-state index is 0.116. The topological polar surface area (TPSA) is 29.5 Å². The summed E-state index contributed by atoms with van der Waals surface area (Å²) in [6, 6.07) is 8.77. The number of carbonyl (C=O) groups excluding carboxylic acids is 1. The lowest BCUT2D eigenvalue weighted by atomic mass is 9.85. The zero-order valence-corrected chi connectivity index (χ0v) is 14.8. The van der Waals surface area contributed by atoms with Crippen LogP contribution in [0, 0.1) is 0 Å². The monoisotopic (exact) mass is 303 g/mol. The maximum Gasteiger partial charge on any atom is 0.410 e. The number of rotatable bonds is 1. The molecule has 0 spiro atoms. The highest BCUT2D eigenvalue weighted by atomic mass is 16.6. The van der Waals surface area contributed by atoms with Crippen LogP contribution in [0.3, 0.4) is 0 Å². The minimum atomic E-state index is -0.447. The SMILES string of the molecule is CC(C)(C)OC(=O)N1CCCC1c1cccc(C(C)(C)C)c1. The fourth-order valence-electron chi connectivity index (χ4n) is 2.86. The van der Waals surface area contributed by atoms with Crippen LogP contribution in [0.5, 0.6) is 0 Å². The van der Waals surface area contributed by atoms with Crippen molar-refractivity contribution in [3.05, 3.63) is 35.4 Å². The minimum Gasteiger partial charge on any atom is -0.444 e. The molecule has 1 fully saturated rings. The number of benzene rings is 1. The van der Waals surface area contributed by atoms with Gasteiger partial charge in [0.1, 0.15) is 5.60 Å². The van der Waals surface area contributed by atoms with Crippen molar-refractivity contribution in [1.29, 1.82) is 0 Å². The molecule has 0 aromatic heterocycles. The van der Waals surface area contributed by atoms with Gasteiger partial charge in [0.25, 0.3) is 0 Å². The molecule has 1 unspecified atom stereocenters. The Hall–Kier alpha value is -1.51. The summed E-state index contributed by atoms with van der Waals surface area (Å²) in [5.74, 6) is 0. The lowest BCUT2D eigenvalue weighted by Gasteiger charge is -2.29. The summed E-state index contributed by atoms with van der Waals surface area (Å²) in [7, 11) is 0. The van der Waals surface area contributed by atoms with Crippen molar-refractivity contribution in [3.8, 4) is 0 Å². The lowest BCUT2D eigenvalue weighted by molar-refractivity contribution is 0.0224. The number of nitrogens with zero attached hydrogens (tertiary/aromatic N) is 1. The Labute approximate surface area is 134 Å². The van der Waals surface area contributed by atoms with Gasteiger partial charge in [0.15, 0.2) is 0 Å². The summed E-state index contributed by atoms with van der Waals surface area (Å²) in [6.45, 7) is 13.2. The summed E-state index contributed by atoms with van der Waals surface area (Å²) in [5.41, 5.74) is 2.19. The van der Waals surface area contributed by atoms with Crippen LogP contribution in [0.15, 0.2) is 24.3 Å². The largest absolute Gasteiger partial charge is 0.444 e. The molecule has 1 heterocycles. The molecule has 22 heavy (non-hydrogen) atoms. The van der Waals surface area contributed by atoms with Crippen molar-refractivity contribution < 1.29 is 9.53 Å². The smallest absolute Gasteiger partial charge is 0.410 e. The first kappa shape index (κ1) is 16.9. The molecule has 0 bridgehead atoms. The Kier molecular flexibility index (Phi) is 4.55. The summed E-state index contributed by atoms with van der Waals surface area (Å²) < 4.78 is 5.56. The van der Waals surface area contributed by atoms with Gasteiger partial charge in [0, 0.05) is 6.54 Å². The molecule has 1 saturated heterocycles. The van der Waals surface area contributed by atoms with Crippen LogP contribution in [0.2, 0.25) is 0 Å². The fraction of sp³-hybridized carbons (Fsp3) is 0.632. The second kappa shape index (κ2) is 5.94. The van der Waals surface area contributed by atoms with E-state index in [1.807, 2.05) is 25.7 Å². The molecule has 1 aromatic carbocycles. The number of ether oxygens (including phenoxy) is 1. The highest BCUT2D eigenvalue weighted by Crippen LogP contribution is 2.35. The number of amides is 1. The van der Waals surface area contributed by atoms with Crippen molar-refractivity contribution in [2.75, 3.05) is 6.54 Å². The normalized spacial score (nSPS) is 19.4. The van der Waals surface area contributed by atoms with Crippen molar-refractivity contribution in [1.82, 2.24) is 4.90 Å². The van der Waals surface area contributed by atoms with Crippen molar-refractivity contribution in [2.24, 2.45) is 0 Å². The molecular weight excluding hydrogens is 274 g/mol. The second-order valence-corrected chi connectivity index (χ2v) is 8.21.